The molecule has 1 heterocycles. The third kappa shape index (κ3) is 4.82. The van der Waals surface area contributed by atoms with Gasteiger partial charge in [-0.15, -0.1) is 0 Å². The van der Waals surface area contributed by atoms with Crippen molar-refractivity contribution in [2.75, 3.05) is 25.7 Å². The van der Waals surface area contributed by atoms with Crippen molar-refractivity contribution in [3.63, 3.8) is 0 Å². The average molecular weight is 514 g/mol. The van der Waals surface area contributed by atoms with E-state index in [1.807, 2.05) is 13.0 Å². The van der Waals surface area contributed by atoms with Crippen molar-refractivity contribution in [3.05, 3.63) is 50.2 Å². The molecule has 0 fully saturated rings. The Balaban J connectivity index is 0.000000203. The number of anilines is 2. The largest absolute Gasteiger partial charge is 0.465 e. The molecule has 3 aromatic rings. The maximum Gasteiger partial charge on any atom is 0.340 e. The van der Waals surface area contributed by atoms with Gasteiger partial charge in [-0.3, -0.25) is 0 Å². The minimum atomic E-state index is -0.495. The van der Waals surface area contributed by atoms with E-state index in [0.29, 0.717) is 21.2 Å². The van der Waals surface area contributed by atoms with Gasteiger partial charge in [-0.2, -0.15) is 0 Å². The summed E-state index contributed by atoms with van der Waals surface area (Å²) in [6, 6.07) is 6.77. The number of aromatic nitrogens is 2. The van der Waals surface area contributed by atoms with Crippen LogP contribution in [0.2, 0.25) is 0 Å². The second-order valence-corrected chi connectivity index (χ2v) is 7.44. The van der Waals surface area contributed by atoms with Gasteiger partial charge in [0.25, 0.3) is 0 Å². The molecule has 0 aliphatic carbocycles. The maximum absolute atomic E-state index is 11.5. The molecule has 1 aromatic heterocycles. The minimum Gasteiger partial charge on any atom is -0.465 e. The highest BCUT2D eigenvalue weighted by atomic mass is 79.9. The fraction of sp³-hybridized carbons (Fsp3) is 0.167. The number of methoxy groups -OCH3 is 2. The Morgan fingerprint density at radius 1 is 0.964 bits per heavy atom. The van der Waals surface area contributed by atoms with E-state index in [4.69, 9.17) is 16.2 Å². The molecule has 0 aliphatic rings. The Labute approximate surface area is 177 Å². The number of aryl methyl sites for hydroxylation is 1. The number of hydrogen-bond acceptors (Lipinski definition) is 7. The van der Waals surface area contributed by atoms with Crippen LogP contribution < -0.4 is 11.5 Å². The van der Waals surface area contributed by atoms with Gasteiger partial charge < -0.3 is 25.9 Å². The lowest BCUT2D eigenvalue weighted by Gasteiger charge is -2.06. The van der Waals surface area contributed by atoms with Crippen LogP contribution in [-0.2, 0) is 9.47 Å². The third-order valence-electron chi connectivity index (χ3n) is 3.66. The molecule has 2 aromatic carbocycles. The van der Waals surface area contributed by atoms with Crippen LogP contribution in [0.4, 0.5) is 11.4 Å². The summed E-state index contributed by atoms with van der Waals surface area (Å²) in [7, 11) is 2.65. The van der Waals surface area contributed by atoms with Crippen LogP contribution in [-0.4, -0.2) is 36.1 Å². The zero-order chi connectivity index (χ0) is 21.0. The van der Waals surface area contributed by atoms with Gasteiger partial charge in [-0.1, -0.05) is 31.9 Å². The number of nitrogens with one attached hydrogen (secondary N) is 1. The number of aromatic amines is 1. The maximum atomic E-state index is 11.5. The van der Waals surface area contributed by atoms with Crippen molar-refractivity contribution in [2.45, 2.75) is 6.92 Å². The van der Waals surface area contributed by atoms with Gasteiger partial charge in [-0.25, -0.2) is 14.6 Å². The summed E-state index contributed by atoms with van der Waals surface area (Å²) in [5.41, 5.74) is 13.9. The van der Waals surface area contributed by atoms with Crippen molar-refractivity contribution in [1.29, 1.82) is 0 Å². The lowest BCUT2D eigenvalue weighted by Crippen LogP contribution is -2.07. The molecule has 0 amide bonds. The van der Waals surface area contributed by atoms with Gasteiger partial charge in [0.05, 0.1) is 42.2 Å². The van der Waals surface area contributed by atoms with Gasteiger partial charge in [0.2, 0.25) is 0 Å². The number of esters is 2. The van der Waals surface area contributed by atoms with Crippen LogP contribution >= 0.6 is 31.9 Å². The van der Waals surface area contributed by atoms with Crippen LogP contribution in [0.1, 0.15) is 26.5 Å². The van der Waals surface area contributed by atoms with Crippen molar-refractivity contribution < 1.29 is 19.1 Å². The molecular weight excluding hydrogens is 496 g/mol. The summed E-state index contributed by atoms with van der Waals surface area (Å²) in [6.45, 7) is 1.84. The van der Waals surface area contributed by atoms with Crippen molar-refractivity contribution in [1.82, 2.24) is 9.97 Å². The molecule has 0 spiro atoms. The molecule has 0 radical (unpaired) electrons. The molecule has 10 heteroatoms. The predicted octanol–water partition coefficient (Wildman–Crippen LogP) is 3.82. The SMILES string of the molecule is COC(=O)c1cc(Br)cc(N)c1N.COC(=O)c1cc(Br)cc2[nH]c(C)nc12. The number of rotatable bonds is 2. The van der Waals surface area contributed by atoms with E-state index in [-0.39, 0.29) is 17.2 Å². The van der Waals surface area contributed by atoms with E-state index in [2.05, 4.69) is 46.6 Å². The van der Waals surface area contributed by atoms with E-state index in [0.717, 1.165) is 15.8 Å². The van der Waals surface area contributed by atoms with Gasteiger partial charge in [-0.05, 0) is 31.2 Å². The van der Waals surface area contributed by atoms with E-state index in [9.17, 15) is 9.59 Å². The summed E-state index contributed by atoms with van der Waals surface area (Å²) in [5, 5.41) is 0. The zero-order valence-electron chi connectivity index (χ0n) is 15.3. The van der Waals surface area contributed by atoms with Gasteiger partial charge in [0, 0.05) is 8.95 Å². The normalized spacial score (nSPS) is 10.2. The lowest BCUT2D eigenvalue weighted by molar-refractivity contribution is 0.0593. The molecule has 0 unspecified atom stereocenters. The zero-order valence-corrected chi connectivity index (χ0v) is 18.5. The van der Waals surface area contributed by atoms with Crippen LogP contribution in [0.3, 0.4) is 0 Å². The summed E-state index contributed by atoms with van der Waals surface area (Å²) >= 11 is 6.54. The van der Waals surface area contributed by atoms with Crippen molar-refractivity contribution in [2.24, 2.45) is 0 Å². The fourth-order valence-corrected chi connectivity index (χ4v) is 3.32. The number of nitrogens with two attached hydrogens (primary N) is 2. The van der Waals surface area contributed by atoms with Gasteiger partial charge in [0.15, 0.2) is 0 Å². The molecule has 5 N–H and O–H groups in total. The highest BCUT2D eigenvalue weighted by Gasteiger charge is 2.14. The number of imidazole rings is 1. The number of carbonyl (C=O) groups is 2. The summed E-state index contributed by atoms with van der Waals surface area (Å²) in [6.07, 6.45) is 0. The average Bonchev–Trinajstić information content (AvgIpc) is 3.03. The smallest absolute Gasteiger partial charge is 0.340 e. The Kier molecular flexibility index (Phi) is 7.03. The standard InChI is InChI=1S/C10H9BrN2O2.C8H9BrN2O2/c1-5-12-8-4-6(11)3-7(9(8)13-5)10(14)15-2;1-13-8(12)5-2-4(9)3-6(10)7(5)11/h3-4H,1-2H3,(H,12,13);2-3H,10-11H2,1H3. The van der Waals surface area contributed by atoms with Crippen LogP contribution in [0.5, 0.6) is 0 Å². The summed E-state index contributed by atoms with van der Waals surface area (Å²) in [5.74, 6) is -0.105. The number of benzene rings is 2. The molecule has 0 saturated heterocycles. The number of ether oxygens (including phenoxy) is 2. The van der Waals surface area contributed by atoms with Gasteiger partial charge in [0.1, 0.15) is 11.3 Å². The number of hydrogen-bond donors (Lipinski definition) is 3. The van der Waals surface area contributed by atoms with Crippen LogP contribution in [0.15, 0.2) is 33.2 Å². The van der Waals surface area contributed by atoms with Crippen molar-refractivity contribution in [3.8, 4) is 0 Å². The Hall–Kier alpha value is -2.59. The second kappa shape index (κ2) is 9.07. The van der Waals surface area contributed by atoms with Crippen LogP contribution in [0.25, 0.3) is 11.0 Å². The summed E-state index contributed by atoms with van der Waals surface area (Å²) in [4.78, 5) is 30.0. The highest BCUT2D eigenvalue weighted by molar-refractivity contribution is 9.10. The number of halogens is 2. The topological polar surface area (TPSA) is 133 Å². The molecule has 0 aliphatic heterocycles. The number of H-pyrrole nitrogens is 1. The van der Waals surface area contributed by atoms with E-state index < -0.39 is 5.97 Å². The Morgan fingerprint density at radius 2 is 1.50 bits per heavy atom. The van der Waals surface area contributed by atoms with Gasteiger partial charge >= 0.3 is 11.9 Å². The molecule has 8 nitrogen and oxygen atoms in total. The Morgan fingerprint density at radius 3 is 2.11 bits per heavy atom. The van der Waals surface area contributed by atoms with E-state index in [1.54, 1.807) is 18.2 Å². The fourth-order valence-electron chi connectivity index (χ4n) is 2.39. The first-order valence-electron chi connectivity index (χ1n) is 7.84. The van der Waals surface area contributed by atoms with Crippen molar-refractivity contribution >= 4 is 66.2 Å². The monoisotopic (exact) mass is 512 g/mol. The first-order valence-corrected chi connectivity index (χ1v) is 9.43. The van der Waals surface area contributed by atoms with E-state index >= 15 is 0 Å². The number of carbonyl (C=O) groups excluding carboxylic acids is 2. The minimum absolute atomic E-state index is 0.245. The highest BCUT2D eigenvalue weighted by Crippen LogP contribution is 2.26. The first-order chi connectivity index (χ1) is 13.2. The first kappa shape index (κ1) is 21.7. The molecule has 0 atom stereocenters. The van der Waals surface area contributed by atoms with Crippen LogP contribution in [0, 0.1) is 6.92 Å². The molecule has 28 heavy (non-hydrogen) atoms. The lowest BCUT2D eigenvalue weighted by atomic mass is 10.1. The molecule has 0 bridgehead atoms. The number of fused-ring (bicyclic) bond motifs is 1. The molecular formula is C18H18Br2N4O4. The molecule has 148 valence electrons. The Bertz CT molecular complexity index is 1050. The molecule has 0 saturated carbocycles. The second-order valence-electron chi connectivity index (χ2n) is 5.61. The number of nitrogen functional groups attached to an aromatic ring is 2. The molecule has 3 rings (SSSR count). The number of nitrogens with zero attached hydrogens (tertiary/aromatic N) is 1. The third-order valence-corrected chi connectivity index (χ3v) is 4.57. The van der Waals surface area contributed by atoms with E-state index in [1.165, 1.54) is 14.2 Å². The quantitative estimate of drug-likeness (QED) is 0.350. The summed E-state index contributed by atoms with van der Waals surface area (Å²) < 4.78 is 10.7. The predicted molar refractivity (Wildman–Crippen MR) is 114 cm³/mol.